The topological polar surface area (TPSA) is 68.3 Å². The van der Waals surface area contributed by atoms with E-state index in [1.54, 1.807) is 28.0 Å². The van der Waals surface area contributed by atoms with Crippen LogP contribution in [0.15, 0.2) is 42.5 Å². The van der Waals surface area contributed by atoms with Crippen molar-refractivity contribution < 1.29 is 23.8 Å². The van der Waals surface area contributed by atoms with Crippen molar-refractivity contribution >= 4 is 11.8 Å². The van der Waals surface area contributed by atoms with Crippen LogP contribution in [0, 0.1) is 0 Å². The second-order valence-electron chi connectivity index (χ2n) is 6.99. The maximum atomic E-state index is 12.8. The molecule has 29 heavy (non-hydrogen) atoms. The summed E-state index contributed by atoms with van der Waals surface area (Å²) in [5.41, 5.74) is 1.65. The Balaban J connectivity index is 1.29. The summed E-state index contributed by atoms with van der Waals surface area (Å²) in [5, 5.41) is 0. The molecule has 7 nitrogen and oxygen atoms in total. The van der Waals surface area contributed by atoms with Crippen molar-refractivity contribution in [2.75, 3.05) is 39.6 Å². The van der Waals surface area contributed by atoms with Gasteiger partial charge in [0.05, 0.1) is 0 Å². The highest BCUT2D eigenvalue weighted by Crippen LogP contribution is 2.32. The quantitative estimate of drug-likeness (QED) is 0.776. The number of benzene rings is 2. The summed E-state index contributed by atoms with van der Waals surface area (Å²) in [5.74, 6) is 1.87. The molecule has 0 aliphatic carbocycles. The minimum absolute atomic E-state index is 0.00706. The van der Waals surface area contributed by atoms with E-state index in [4.69, 9.17) is 14.2 Å². The molecule has 7 heteroatoms. The molecule has 0 aromatic heterocycles. The van der Waals surface area contributed by atoms with Gasteiger partial charge in [-0.1, -0.05) is 25.1 Å². The number of carbonyl (C=O) groups is 2. The van der Waals surface area contributed by atoms with Crippen LogP contribution >= 0.6 is 0 Å². The van der Waals surface area contributed by atoms with Gasteiger partial charge in [-0.05, 0) is 36.2 Å². The van der Waals surface area contributed by atoms with Gasteiger partial charge in [0.1, 0.15) is 5.75 Å². The summed E-state index contributed by atoms with van der Waals surface area (Å²) in [6.45, 7) is 4.21. The van der Waals surface area contributed by atoms with Crippen molar-refractivity contribution in [2.24, 2.45) is 0 Å². The Kier molecular flexibility index (Phi) is 5.55. The standard InChI is InChI=1S/C22H24N2O5/c1-2-16-5-3-4-6-18(16)27-14-21(25)23-9-11-24(12-10-23)22(26)17-7-8-19-20(13-17)29-15-28-19/h3-8,13H,2,9-12,14-15H2,1H3. The minimum atomic E-state index is -0.0662. The molecule has 2 aromatic carbocycles. The molecule has 2 heterocycles. The van der Waals surface area contributed by atoms with Gasteiger partial charge in [0.25, 0.3) is 11.8 Å². The van der Waals surface area contributed by atoms with Crippen LogP contribution in [0.4, 0.5) is 0 Å². The fraction of sp³-hybridized carbons (Fsp3) is 0.364. The van der Waals surface area contributed by atoms with Gasteiger partial charge < -0.3 is 24.0 Å². The SMILES string of the molecule is CCc1ccccc1OCC(=O)N1CCN(C(=O)c2ccc3c(c2)OCO3)CC1. The van der Waals surface area contributed by atoms with E-state index in [1.165, 1.54) is 0 Å². The lowest BCUT2D eigenvalue weighted by atomic mass is 10.1. The van der Waals surface area contributed by atoms with Crippen LogP contribution < -0.4 is 14.2 Å². The smallest absolute Gasteiger partial charge is 0.260 e. The second kappa shape index (κ2) is 8.43. The third-order valence-electron chi connectivity index (χ3n) is 5.24. The average Bonchev–Trinajstić information content (AvgIpc) is 3.25. The maximum absolute atomic E-state index is 12.8. The van der Waals surface area contributed by atoms with E-state index in [0.29, 0.717) is 43.2 Å². The van der Waals surface area contributed by atoms with Crippen molar-refractivity contribution in [1.29, 1.82) is 0 Å². The van der Waals surface area contributed by atoms with Crippen molar-refractivity contribution in [3.8, 4) is 17.2 Å². The Bertz CT molecular complexity index is 906. The number of carbonyl (C=O) groups excluding carboxylic acids is 2. The van der Waals surface area contributed by atoms with Crippen LogP contribution in [0.5, 0.6) is 17.2 Å². The van der Waals surface area contributed by atoms with Gasteiger partial charge in [-0.15, -0.1) is 0 Å². The third kappa shape index (κ3) is 4.13. The van der Waals surface area contributed by atoms with Crippen LogP contribution in [0.1, 0.15) is 22.8 Å². The van der Waals surface area contributed by atoms with E-state index < -0.39 is 0 Å². The second-order valence-corrected chi connectivity index (χ2v) is 6.99. The van der Waals surface area contributed by atoms with Crippen molar-refractivity contribution in [3.63, 3.8) is 0 Å². The molecular formula is C22H24N2O5. The Labute approximate surface area is 169 Å². The molecule has 0 saturated carbocycles. The van der Waals surface area contributed by atoms with Crippen LogP contribution in [-0.2, 0) is 11.2 Å². The number of fused-ring (bicyclic) bond motifs is 1. The largest absolute Gasteiger partial charge is 0.483 e. The van der Waals surface area contributed by atoms with E-state index in [1.807, 2.05) is 24.3 Å². The normalized spacial score (nSPS) is 15.3. The first kappa shape index (κ1) is 19.1. The monoisotopic (exact) mass is 396 g/mol. The first-order chi connectivity index (χ1) is 14.2. The summed E-state index contributed by atoms with van der Waals surface area (Å²) >= 11 is 0. The third-order valence-corrected chi connectivity index (χ3v) is 5.24. The van der Waals surface area contributed by atoms with E-state index in [2.05, 4.69) is 6.92 Å². The first-order valence-electron chi connectivity index (χ1n) is 9.83. The first-order valence-corrected chi connectivity index (χ1v) is 9.83. The Hall–Kier alpha value is -3.22. The van der Waals surface area contributed by atoms with Crippen LogP contribution in [-0.4, -0.2) is 61.2 Å². The zero-order valence-electron chi connectivity index (χ0n) is 16.4. The summed E-state index contributed by atoms with van der Waals surface area (Å²) in [4.78, 5) is 28.8. The van der Waals surface area contributed by atoms with Crippen molar-refractivity contribution in [2.45, 2.75) is 13.3 Å². The van der Waals surface area contributed by atoms with Gasteiger partial charge in [0, 0.05) is 31.7 Å². The maximum Gasteiger partial charge on any atom is 0.260 e. The zero-order valence-corrected chi connectivity index (χ0v) is 16.4. The molecule has 2 aliphatic rings. The Morgan fingerprint density at radius 3 is 2.48 bits per heavy atom. The molecule has 0 radical (unpaired) electrons. The summed E-state index contributed by atoms with van der Waals surface area (Å²) in [6, 6.07) is 13.0. The fourth-order valence-corrected chi connectivity index (χ4v) is 3.54. The molecular weight excluding hydrogens is 372 g/mol. The molecule has 0 spiro atoms. The van der Waals surface area contributed by atoms with Gasteiger partial charge in [-0.25, -0.2) is 0 Å². The number of piperazine rings is 1. The summed E-state index contributed by atoms with van der Waals surface area (Å²) in [6.07, 6.45) is 0.852. The Morgan fingerprint density at radius 2 is 1.69 bits per heavy atom. The van der Waals surface area contributed by atoms with Gasteiger partial charge in [-0.3, -0.25) is 9.59 Å². The van der Waals surface area contributed by atoms with Crippen molar-refractivity contribution in [1.82, 2.24) is 9.80 Å². The molecule has 1 fully saturated rings. The predicted octanol–water partition coefficient (Wildman–Crippen LogP) is 2.34. The molecule has 2 amide bonds. The highest BCUT2D eigenvalue weighted by Gasteiger charge is 2.26. The number of rotatable bonds is 5. The number of amides is 2. The Morgan fingerprint density at radius 1 is 0.966 bits per heavy atom. The molecule has 1 saturated heterocycles. The molecule has 0 unspecified atom stereocenters. The zero-order chi connectivity index (χ0) is 20.2. The molecule has 0 bridgehead atoms. The van der Waals surface area contributed by atoms with Crippen molar-refractivity contribution in [3.05, 3.63) is 53.6 Å². The van der Waals surface area contributed by atoms with Crippen LogP contribution in [0.25, 0.3) is 0 Å². The van der Waals surface area contributed by atoms with Gasteiger partial charge in [-0.2, -0.15) is 0 Å². The van der Waals surface area contributed by atoms with Gasteiger partial charge in [0.15, 0.2) is 18.1 Å². The molecule has 152 valence electrons. The number of aryl methyl sites for hydroxylation is 1. The number of para-hydroxylation sites is 1. The van der Waals surface area contributed by atoms with Crippen LogP contribution in [0.3, 0.4) is 0 Å². The lowest BCUT2D eigenvalue weighted by molar-refractivity contribution is -0.134. The van der Waals surface area contributed by atoms with E-state index in [-0.39, 0.29) is 25.2 Å². The summed E-state index contributed by atoms with van der Waals surface area (Å²) < 4.78 is 16.4. The predicted molar refractivity (Wildman–Crippen MR) is 106 cm³/mol. The van der Waals surface area contributed by atoms with E-state index in [0.717, 1.165) is 17.7 Å². The number of hydrogen-bond donors (Lipinski definition) is 0. The van der Waals surface area contributed by atoms with E-state index >= 15 is 0 Å². The van der Waals surface area contributed by atoms with E-state index in [9.17, 15) is 9.59 Å². The number of ether oxygens (including phenoxy) is 3. The van der Waals surface area contributed by atoms with Gasteiger partial charge >= 0.3 is 0 Å². The molecule has 2 aromatic rings. The molecule has 4 rings (SSSR count). The molecule has 2 aliphatic heterocycles. The van der Waals surface area contributed by atoms with Gasteiger partial charge in [0.2, 0.25) is 6.79 Å². The fourth-order valence-electron chi connectivity index (χ4n) is 3.54. The molecule has 0 N–H and O–H groups in total. The summed E-state index contributed by atoms with van der Waals surface area (Å²) in [7, 11) is 0. The number of hydrogen-bond acceptors (Lipinski definition) is 5. The van der Waals surface area contributed by atoms with Crippen LogP contribution in [0.2, 0.25) is 0 Å². The minimum Gasteiger partial charge on any atom is -0.483 e. The molecule has 0 atom stereocenters. The highest BCUT2D eigenvalue weighted by molar-refractivity contribution is 5.95. The lowest BCUT2D eigenvalue weighted by Crippen LogP contribution is -2.51. The lowest BCUT2D eigenvalue weighted by Gasteiger charge is -2.34. The number of nitrogens with zero attached hydrogens (tertiary/aromatic N) is 2. The highest BCUT2D eigenvalue weighted by atomic mass is 16.7. The average molecular weight is 396 g/mol.